The van der Waals surface area contributed by atoms with Crippen LogP contribution in [-0.4, -0.2) is 51.4 Å². The van der Waals surface area contributed by atoms with Crippen molar-refractivity contribution in [2.24, 2.45) is 5.92 Å². The molecule has 2 aliphatic heterocycles. The third-order valence-corrected chi connectivity index (χ3v) is 6.83. The van der Waals surface area contributed by atoms with E-state index in [4.69, 9.17) is 0 Å². The Morgan fingerprint density at radius 2 is 1.91 bits per heavy atom. The number of rotatable bonds is 7. The van der Waals surface area contributed by atoms with Crippen LogP contribution in [0, 0.1) is 5.92 Å². The van der Waals surface area contributed by atoms with Crippen LogP contribution in [0.15, 0.2) is 54.9 Å². The zero-order chi connectivity index (χ0) is 23.4. The summed E-state index contributed by atoms with van der Waals surface area (Å²) in [6.45, 7) is 2.93. The summed E-state index contributed by atoms with van der Waals surface area (Å²) in [6, 6.07) is 12.7. The second kappa shape index (κ2) is 9.65. The highest BCUT2D eigenvalue weighted by Crippen LogP contribution is 2.41. The summed E-state index contributed by atoms with van der Waals surface area (Å²) in [7, 11) is 0. The first kappa shape index (κ1) is 22.8. The van der Waals surface area contributed by atoms with Crippen molar-refractivity contribution in [3.63, 3.8) is 0 Å². The number of likely N-dealkylation sites (tertiary alicyclic amines) is 2. The molecule has 0 bridgehead atoms. The van der Waals surface area contributed by atoms with E-state index in [1.807, 2.05) is 43.3 Å². The van der Waals surface area contributed by atoms with Gasteiger partial charge in [0, 0.05) is 50.7 Å². The van der Waals surface area contributed by atoms with Crippen LogP contribution in [-0.2, 0) is 31.1 Å². The van der Waals surface area contributed by atoms with Crippen molar-refractivity contribution in [1.82, 2.24) is 14.8 Å². The molecule has 2 saturated heterocycles. The number of ketones is 1. The summed E-state index contributed by atoms with van der Waals surface area (Å²) in [5, 5.41) is 0. The maximum absolute atomic E-state index is 13.7. The Morgan fingerprint density at radius 1 is 1.12 bits per heavy atom. The van der Waals surface area contributed by atoms with E-state index in [0.717, 1.165) is 18.4 Å². The molecule has 7 heteroatoms. The maximum atomic E-state index is 13.7. The molecule has 1 aromatic heterocycles. The summed E-state index contributed by atoms with van der Waals surface area (Å²) >= 11 is 0. The summed E-state index contributed by atoms with van der Waals surface area (Å²) in [5.41, 5.74) is 0.189. The van der Waals surface area contributed by atoms with Gasteiger partial charge < -0.3 is 4.90 Å². The third kappa shape index (κ3) is 4.58. The van der Waals surface area contributed by atoms with Gasteiger partial charge in [-0.25, -0.2) is 0 Å². The number of aromatic nitrogens is 1. The maximum Gasteiger partial charge on any atom is 0.241 e. The van der Waals surface area contributed by atoms with E-state index in [1.165, 1.54) is 4.90 Å². The fourth-order valence-electron chi connectivity index (χ4n) is 4.98. The Hall–Kier alpha value is -3.35. The predicted molar refractivity (Wildman–Crippen MR) is 122 cm³/mol. The molecule has 3 amide bonds. The Bertz CT molecular complexity index is 1040. The van der Waals surface area contributed by atoms with E-state index in [2.05, 4.69) is 4.98 Å². The van der Waals surface area contributed by atoms with Crippen molar-refractivity contribution in [2.75, 3.05) is 13.1 Å². The van der Waals surface area contributed by atoms with Gasteiger partial charge in [0.15, 0.2) is 0 Å². The van der Waals surface area contributed by atoms with Gasteiger partial charge in [0.2, 0.25) is 17.7 Å². The molecular weight excluding hydrogens is 418 g/mol. The fourth-order valence-corrected chi connectivity index (χ4v) is 4.98. The molecule has 33 heavy (non-hydrogen) atoms. The highest BCUT2D eigenvalue weighted by molar-refractivity contribution is 6.10. The second-order valence-corrected chi connectivity index (χ2v) is 8.95. The van der Waals surface area contributed by atoms with E-state index in [1.54, 1.807) is 23.4 Å². The van der Waals surface area contributed by atoms with Crippen LogP contribution < -0.4 is 0 Å². The van der Waals surface area contributed by atoms with Crippen LogP contribution in [0.2, 0.25) is 0 Å². The van der Waals surface area contributed by atoms with Crippen LogP contribution in [0.3, 0.4) is 0 Å². The van der Waals surface area contributed by atoms with Crippen molar-refractivity contribution in [3.05, 3.63) is 66.0 Å². The smallest absolute Gasteiger partial charge is 0.241 e. The minimum Gasteiger partial charge on any atom is -0.342 e. The van der Waals surface area contributed by atoms with Gasteiger partial charge >= 0.3 is 0 Å². The molecule has 3 heterocycles. The van der Waals surface area contributed by atoms with Gasteiger partial charge in [-0.3, -0.25) is 29.1 Å². The first-order chi connectivity index (χ1) is 15.9. The number of amides is 3. The lowest BCUT2D eigenvalue weighted by atomic mass is 9.75. The summed E-state index contributed by atoms with van der Waals surface area (Å²) in [4.78, 5) is 59.4. The normalized spacial score (nSPS) is 23.1. The zero-order valence-corrected chi connectivity index (χ0v) is 18.9. The number of hydrogen-bond acceptors (Lipinski definition) is 5. The molecule has 2 aromatic rings. The Kier molecular flexibility index (Phi) is 6.67. The standard InChI is InChI=1S/C26H29N3O4/c1-2-22(30)20-9-7-13-28(18-20)23(31)14-26(21-10-4-3-5-11-21)15-24(32)29(25(26)33)17-19-8-6-12-27-16-19/h3-6,8,10-12,16,20H,2,7,9,13-15,17-18H2,1H3/t20-,26-/m1/s1. The average Bonchev–Trinajstić information content (AvgIpc) is 3.09. The quantitative estimate of drug-likeness (QED) is 0.609. The molecule has 7 nitrogen and oxygen atoms in total. The first-order valence-corrected chi connectivity index (χ1v) is 11.5. The molecule has 1 aromatic carbocycles. The van der Waals surface area contributed by atoms with Crippen molar-refractivity contribution in [2.45, 2.75) is 51.0 Å². The largest absolute Gasteiger partial charge is 0.342 e. The van der Waals surface area contributed by atoms with Gasteiger partial charge in [-0.2, -0.15) is 0 Å². The number of imide groups is 1. The highest BCUT2D eigenvalue weighted by Gasteiger charge is 2.54. The van der Waals surface area contributed by atoms with E-state index in [9.17, 15) is 19.2 Å². The molecule has 0 saturated carbocycles. The van der Waals surface area contributed by atoms with Crippen LogP contribution in [0.5, 0.6) is 0 Å². The topological polar surface area (TPSA) is 87.7 Å². The Balaban J connectivity index is 1.61. The number of piperidine rings is 1. The Morgan fingerprint density at radius 3 is 2.61 bits per heavy atom. The minimum absolute atomic E-state index is 0.0486. The molecule has 2 fully saturated rings. The molecule has 4 rings (SSSR count). The van der Waals surface area contributed by atoms with Crippen molar-refractivity contribution in [1.29, 1.82) is 0 Å². The van der Waals surface area contributed by atoms with Crippen molar-refractivity contribution < 1.29 is 19.2 Å². The van der Waals surface area contributed by atoms with E-state index < -0.39 is 5.41 Å². The van der Waals surface area contributed by atoms with Crippen molar-refractivity contribution >= 4 is 23.5 Å². The molecular formula is C26H29N3O4. The molecule has 0 radical (unpaired) electrons. The van der Waals surface area contributed by atoms with Crippen LogP contribution in [0.1, 0.15) is 50.2 Å². The fraction of sp³-hybridized carbons (Fsp3) is 0.423. The van der Waals surface area contributed by atoms with Gasteiger partial charge in [0.25, 0.3) is 0 Å². The number of carbonyl (C=O) groups excluding carboxylic acids is 4. The predicted octanol–water partition coefficient (Wildman–Crippen LogP) is 2.89. The second-order valence-electron chi connectivity index (χ2n) is 8.95. The Labute approximate surface area is 193 Å². The van der Waals surface area contributed by atoms with Crippen molar-refractivity contribution in [3.8, 4) is 0 Å². The van der Waals surface area contributed by atoms with Crippen LogP contribution in [0.4, 0.5) is 0 Å². The number of carbonyl (C=O) groups is 4. The van der Waals surface area contributed by atoms with Gasteiger partial charge in [-0.15, -0.1) is 0 Å². The number of hydrogen-bond donors (Lipinski definition) is 0. The molecule has 0 N–H and O–H groups in total. The molecule has 0 aliphatic carbocycles. The van der Waals surface area contributed by atoms with Gasteiger partial charge in [0.05, 0.1) is 12.0 Å². The molecule has 2 aliphatic rings. The van der Waals surface area contributed by atoms with Gasteiger partial charge in [-0.05, 0) is 30.0 Å². The van der Waals surface area contributed by atoms with Crippen LogP contribution in [0.25, 0.3) is 0 Å². The number of benzene rings is 1. The van der Waals surface area contributed by atoms with E-state index >= 15 is 0 Å². The highest BCUT2D eigenvalue weighted by atomic mass is 16.2. The van der Waals surface area contributed by atoms with E-state index in [-0.39, 0.29) is 48.8 Å². The van der Waals surface area contributed by atoms with Crippen LogP contribution >= 0.6 is 0 Å². The summed E-state index contributed by atoms with van der Waals surface area (Å²) in [6.07, 6.45) is 5.14. The summed E-state index contributed by atoms with van der Waals surface area (Å²) < 4.78 is 0. The lowest BCUT2D eigenvalue weighted by Gasteiger charge is -2.35. The zero-order valence-electron chi connectivity index (χ0n) is 18.9. The first-order valence-electron chi connectivity index (χ1n) is 11.5. The SMILES string of the molecule is CCC(=O)[C@@H]1CCCN(C(=O)C[C@]2(c3ccccc3)CC(=O)N(Cc3cccnc3)C2=O)C1. The number of Topliss-reactive ketones (excluding diaryl/α,β-unsaturated/α-hetero) is 1. The lowest BCUT2D eigenvalue weighted by molar-refractivity contribution is -0.144. The molecule has 172 valence electrons. The molecule has 0 spiro atoms. The monoisotopic (exact) mass is 447 g/mol. The minimum atomic E-state index is -1.24. The van der Waals surface area contributed by atoms with E-state index in [0.29, 0.717) is 25.1 Å². The molecule has 2 atom stereocenters. The van der Waals surface area contributed by atoms with Gasteiger partial charge in [-0.1, -0.05) is 43.3 Å². The third-order valence-electron chi connectivity index (χ3n) is 6.83. The number of nitrogens with zero attached hydrogens (tertiary/aromatic N) is 3. The summed E-state index contributed by atoms with van der Waals surface area (Å²) in [5.74, 6) is -0.812. The average molecular weight is 448 g/mol. The van der Waals surface area contributed by atoms with Gasteiger partial charge in [0.1, 0.15) is 5.78 Å². The lowest BCUT2D eigenvalue weighted by Crippen LogP contribution is -2.47. The number of pyridine rings is 1. The molecule has 0 unspecified atom stereocenters.